The molecule has 0 aromatic rings. The summed E-state index contributed by atoms with van der Waals surface area (Å²) in [7, 11) is 0. The standard InChI is InChI=1S/C16H32N2O/c1-4-17-12-16(5-7-19-8-6-16)13-18-10-14(2)9-15(3)11-18/h14-15,17H,4-13H2,1-3H3. The molecule has 0 radical (unpaired) electrons. The lowest BCUT2D eigenvalue weighted by molar-refractivity contribution is -0.0145. The molecule has 0 aliphatic carbocycles. The van der Waals surface area contributed by atoms with Gasteiger partial charge in [0.2, 0.25) is 0 Å². The molecule has 2 unspecified atom stereocenters. The second-order valence-corrected chi connectivity index (χ2v) is 7.03. The van der Waals surface area contributed by atoms with Crippen molar-refractivity contribution in [2.75, 3.05) is 45.9 Å². The zero-order valence-corrected chi connectivity index (χ0v) is 13.1. The van der Waals surface area contributed by atoms with E-state index in [1.54, 1.807) is 0 Å². The predicted octanol–water partition coefficient (Wildman–Crippen LogP) is 2.37. The Morgan fingerprint density at radius 1 is 1.16 bits per heavy atom. The van der Waals surface area contributed by atoms with E-state index in [1.165, 1.54) is 38.9 Å². The number of nitrogens with zero attached hydrogens (tertiary/aromatic N) is 1. The van der Waals surface area contributed by atoms with Crippen LogP contribution in [-0.4, -0.2) is 50.8 Å². The summed E-state index contributed by atoms with van der Waals surface area (Å²) >= 11 is 0. The highest BCUT2D eigenvalue weighted by atomic mass is 16.5. The average molecular weight is 268 g/mol. The molecule has 2 rings (SSSR count). The minimum absolute atomic E-state index is 0.449. The lowest BCUT2D eigenvalue weighted by Gasteiger charge is -2.44. The van der Waals surface area contributed by atoms with E-state index in [2.05, 4.69) is 31.0 Å². The van der Waals surface area contributed by atoms with Crippen molar-refractivity contribution in [1.82, 2.24) is 10.2 Å². The van der Waals surface area contributed by atoms with Crippen molar-refractivity contribution in [3.8, 4) is 0 Å². The first-order chi connectivity index (χ1) is 9.13. The largest absolute Gasteiger partial charge is 0.381 e. The summed E-state index contributed by atoms with van der Waals surface area (Å²) in [6.07, 6.45) is 3.85. The Balaban J connectivity index is 1.94. The number of ether oxygens (including phenoxy) is 1. The van der Waals surface area contributed by atoms with Gasteiger partial charge in [-0.3, -0.25) is 0 Å². The van der Waals surface area contributed by atoms with Crippen LogP contribution in [0.3, 0.4) is 0 Å². The van der Waals surface area contributed by atoms with Crippen LogP contribution in [-0.2, 0) is 4.74 Å². The van der Waals surface area contributed by atoms with Gasteiger partial charge in [-0.1, -0.05) is 20.8 Å². The van der Waals surface area contributed by atoms with E-state index in [1.807, 2.05) is 0 Å². The Labute approximate surface area is 119 Å². The number of likely N-dealkylation sites (tertiary alicyclic amines) is 1. The van der Waals surface area contributed by atoms with Crippen LogP contribution in [0.25, 0.3) is 0 Å². The molecule has 2 saturated heterocycles. The molecule has 3 nitrogen and oxygen atoms in total. The van der Waals surface area contributed by atoms with Crippen molar-refractivity contribution in [2.45, 2.75) is 40.0 Å². The molecule has 2 aliphatic rings. The van der Waals surface area contributed by atoms with Crippen LogP contribution in [0, 0.1) is 17.3 Å². The van der Waals surface area contributed by atoms with E-state index in [0.717, 1.165) is 38.1 Å². The smallest absolute Gasteiger partial charge is 0.0472 e. The van der Waals surface area contributed by atoms with Gasteiger partial charge in [-0.2, -0.15) is 0 Å². The van der Waals surface area contributed by atoms with Crippen LogP contribution in [0.2, 0.25) is 0 Å². The van der Waals surface area contributed by atoms with E-state index < -0.39 is 0 Å². The fraction of sp³-hybridized carbons (Fsp3) is 1.00. The topological polar surface area (TPSA) is 24.5 Å². The molecule has 0 spiro atoms. The highest BCUT2D eigenvalue weighted by Gasteiger charge is 2.35. The fourth-order valence-electron chi connectivity index (χ4n) is 3.98. The number of nitrogens with one attached hydrogen (secondary N) is 1. The molecule has 19 heavy (non-hydrogen) atoms. The van der Waals surface area contributed by atoms with Crippen LogP contribution < -0.4 is 5.32 Å². The van der Waals surface area contributed by atoms with Crippen LogP contribution >= 0.6 is 0 Å². The molecule has 0 aromatic carbocycles. The highest BCUT2D eigenvalue weighted by Crippen LogP contribution is 2.33. The van der Waals surface area contributed by atoms with Crippen LogP contribution in [0.5, 0.6) is 0 Å². The second kappa shape index (κ2) is 7.05. The van der Waals surface area contributed by atoms with Gasteiger partial charge < -0.3 is 15.0 Å². The van der Waals surface area contributed by atoms with Gasteiger partial charge >= 0.3 is 0 Å². The molecule has 2 atom stereocenters. The van der Waals surface area contributed by atoms with Gasteiger partial charge in [-0.15, -0.1) is 0 Å². The Morgan fingerprint density at radius 2 is 1.79 bits per heavy atom. The van der Waals surface area contributed by atoms with Gasteiger partial charge in [0, 0.05) is 39.4 Å². The SMILES string of the molecule is CCNCC1(CN2CC(C)CC(C)C2)CCOCC1. The minimum atomic E-state index is 0.449. The molecule has 2 fully saturated rings. The maximum absolute atomic E-state index is 5.59. The Morgan fingerprint density at radius 3 is 2.37 bits per heavy atom. The van der Waals surface area contributed by atoms with Crippen LogP contribution in [0.1, 0.15) is 40.0 Å². The summed E-state index contributed by atoms with van der Waals surface area (Å²) in [5.41, 5.74) is 0.449. The summed E-state index contributed by atoms with van der Waals surface area (Å²) in [5, 5.41) is 3.59. The molecule has 112 valence electrons. The van der Waals surface area contributed by atoms with Crippen molar-refractivity contribution in [2.24, 2.45) is 17.3 Å². The van der Waals surface area contributed by atoms with E-state index in [0.29, 0.717) is 5.41 Å². The fourth-order valence-corrected chi connectivity index (χ4v) is 3.98. The van der Waals surface area contributed by atoms with Gasteiger partial charge in [0.15, 0.2) is 0 Å². The quantitative estimate of drug-likeness (QED) is 0.828. The zero-order chi connectivity index (χ0) is 13.7. The van der Waals surface area contributed by atoms with Gasteiger partial charge in [0.25, 0.3) is 0 Å². The first-order valence-electron chi connectivity index (χ1n) is 8.14. The summed E-state index contributed by atoms with van der Waals surface area (Å²) in [4.78, 5) is 2.72. The molecule has 2 aliphatic heterocycles. The maximum atomic E-state index is 5.59. The van der Waals surface area contributed by atoms with E-state index in [4.69, 9.17) is 4.74 Å². The Kier molecular flexibility index (Phi) is 5.67. The van der Waals surface area contributed by atoms with Crippen LogP contribution in [0.15, 0.2) is 0 Å². The second-order valence-electron chi connectivity index (χ2n) is 7.03. The first-order valence-corrected chi connectivity index (χ1v) is 8.14. The monoisotopic (exact) mass is 268 g/mol. The zero-order valence-electron chi connectivity index (χ0n) is 13.1. The molecular formula is C16H32N2O. The molecule has 0 saturated carbocycles. The molecular weight excluding hydrogens is 236 g/mol. The summed E-state index contributed by atoms with van der Waals surface area (Å²) < 4.78 is 5.59. The van der Waals surface area contributed by atoms with Crippen molar-refractivity contribution < 1.29 is 4.74 Å². The summed E-state index contributed by atoms with van der Waals surface area (Å²) in [6, 6.07) is 0. The highest BCUT2D eigenvalue weighted by molar-refractivity contribution is 4.89. The first kappa shape index (κ1) is 15.3. The van der Waals surface area contributed by atoms with E-state index in [9.17, 15) is 0 Å². The molecule has 3 heteroatoms. The van der Waals surface area contributed by atoms with Crippen molar-refractivity contribution >= 4 is 0 Å². The van der Waals surface area contributed by atoms with Gasteiger partial charge in [0.05, 0.1) is 0 Å². The van der Waals surface area contributed by atoms with Gasteiger partial charge in [-0.25, -0.2) is 0 Å². The third-order valence-corrected chi connectivity index (χ3v) is 4.81. The molecule has 1 N–H and O–H groups in total. The van der Waals surface area contributed by atoms with Gasteiger partial charge in [0.1, 0.15) is 0 Å². The maximum Gasteiger partial charge on any atom is 0.0472 e. The molecule has 0 bridgehead atoms. The number of rotatable bonds is 5. The number of hydrogen-bond acceptors (Lipinski definition) is 3. The molecule has 0 amide bonds. The minimum Gasteiger partial charge on any atom is -0.381 e. The number of piperidine rings is 1. The molecule has 2 heterocycles. The van der Waals surface area contributed by atoms with Crippen molar-refractivity contribution in [3.05, 3.63) is 0 Å². The normalized spacial score (nSPS) is 32.4. The Hall–Kier alpha value is -0.120. The van der Waals surface area contributed by atoms with Crippen molar-refractivity contribution in [3.63, 3.8) is 0 Å². The lowest BCUT2D eigenvalue weighted by atomic mass is 9.78. The number of hydrogen-bond donors (Lipinski definition) is 1. The van der Waals surface area contributed by atoms with Crippen molar-refractivity contribution in [1.29, 1.82) is 0 Å². The predicted molar refractivity (Wildman–Crippen MR) is 80.4 cm³/mol. The molecule has 0 aromatic heterocycles. The van der Waals surface area contributed by atoms with E-state index in [-0.39, 0.29) is 0 Å². The van der Waals surface area contributed by atoms with Crippen LogP contribution in [0.4, 0.5) is 0 Å². The summed E-state index contributed by atoms with van der Waals surface area (Å²) in [6.45, 7) is 15.0. The summed E-state index contributed by atoms with van der Waals surface area (Å²) in [5.74, 6) is 1.72. The van der Waals surface area contributed by atoms with E-state index >= 15 is 0 Å². The average Bonchev–Trinajstić information content (AvgIpc) is 2.36. The Bertz CT molecular complexity index is 253. The third kappa shape index (κ3) is 4.44. The third-order valence-electron chi connectivity index (χ3n) is 4.81. The van der Waals surface area contributed by atoms with Gasteiger partial charge in [-0.05, 0) is 43.1 Å². The lowest BCUT2D eigenvalue weighted by Crippen LogP contribution is -2.50.